The first-order valence-electron chi connectivity index (χ1n) is 9.25. The molecule has 0 saturated heterocycles. The van der Waals surface area contributed by atoms with E-state index in [2.05, 4.69) is 21.2 Å². The first kappa shape index (κ1) is 21.6. The van der Waals surface area contributed by atoms with Gasteiger partial charge in [-0.15, -0.1) is 0 Å². The lowest BCUT2D eigenvalue weighted by molar-refractivity contribution is -0.139. The lowest BCUT2D eigenvalue weighted by atomic mass is 10.1. The Morgan fingerprint density at radius 3 is 2.59 bits per heavy atom. The fraction of sp³-hybridized carbons (Fsp3) is 0.238. The Labute approximate surface area is 169 Å². The molecule has 0 heterocycles. The number of para-hydroxylation sites is 1. The van der Waals surface area contributed by atoms with E-state index in [1.165, 1.54) is 6.21 Å². The third kappa shape index (κ3) is 7.10. The third-order valence-electron chi connectivity index (χ3n) is 3.82. The molecule has 3 amide bonds. The molecule has 8 nitrogen and oxygen atoms in total. The van der Waals surface area contributed by atoms with E-state index < -0.39 is 11.8 Å². The number of benzene rings is 2. The van der Waals surface area contributed by atoms with Crippen LogP contribution in [0.2, 0.25) is 0 Å². The summed E-state index contributed by atoms with van der Waals surface area (Å²) < 4.78 is 5.53. The highest BCUT2D eigenvalue weighted by molar-refractivity contribution is 6.35. The van der Waals surface area contributed by atoms with E-state index in [4.69, 9.17) is 4.74 Å². The van der Waals surface area contributed by atoms with Gasteiger partial charge < -0.3 is 15.4 Å². The highest BCUT2D eigenvalue weighted by Gasteiger charge is 2.10. The lowest BCUT2D eigenvalue weighted by Gasteiger charge is -2.10. The van der Waals surface area contributed by atoms with E-state index in [0.29, 0.717) is 17.9 Å². The molecule has 0 bridgehead atoms. The van der Waals surface area contributed by atoms with Crippen molar-refractivity contribution in [1.82, 2.24) is 10.7 Å². The summed E-state index contributed by atoms with van der Waals surface area (Å²) in [6.45, 7) is 3.94. The van der Waals surface area contributed by atoms with Crippen molar-refractivity contribution in [1.29, 1.82) is 0 Å². The van der Waals surface area contributed by atoms with Gasteiger partial charge in [-0.05, 0) is 42.7 Å². The van der Waals surface area contributed by atoms with Crippen molar-refractivity contribution in [2.45, 2.75) is 20.3 Å². The summed E-state index contributed by atoms with van der Waals surface area (Å²) in [5.74, 6) is -1.39. The normalized spacial score (nSPS) is 10.4. The average Bonchev–Trinajstić information content (AvgIpc) is 2.73. The lowest BCUT2D eigenvalue weighted by Crippen LogP contribution is -2.37. The Morgan fingerprint density at radius 1 is 1.03 bits per heavy atom. The third-order valence-corrected chi connectivity index (χ3v) is 3.82. The second-order valence-corrected chi connectivity index (χ2v) is 5.98. The van der Waals surface area contributed by atoms with Crippen LogP contribution in [0.4, 0.5) is 5.69 Å². The summed E-state index contributed by atoms with van der Waals surface area (Å²) in [7, 11) is 0. The van der Waals surface area contributed by atoms with Crippen LogP contribution in [0.5, 0.6) is 5.75 Å². The van der Waals surface area contributed by atoms with Gasteiger partial charge in [0.1, 0.15) is 5.75 Å². The van der Waals surface area contributed by atoms with Gasteiger partial charge in [-0.2, -0.15) is 5.10 Å². The van der Waals surface area contributed by atoms with Gasteiger partial charge in [0.2, 0.25) is 0 Å². The molecule has 0 fully saturated rings. The summed E-state index contributed by atoms with van der Waals surface area (Å²) in [5.41, 5.74) is 4.59. The molecule has 152 valence electrons. The first-order valence-corrected chi connectivity index (χ1v) is 9.25. The van der Waals surface area contributed by atoms with Crippen LogP contribution >= 0.6 is 0 Å². The zero-order chi connectivity index (χ0) is 21.1. The van der Waals surface area contributed by atoms with Crippen molar-refractivity contribution in [3.63, 3.8) is 0 Å². The van der Waals surface area contributed by atoms with Crippen molar-refractivity contribution in [3.05, 3.63) is 59.7 Å². The van der Waals surface area contributed by atoms with Gasteiger partial charge >= 0.3 is 11.8 Å². The SMILES string of the molecule is CCNC(=O)C(=O)N/N=C\c1cccc(OCC(=O)Nc2ccccc2CC)c1. The van der Waals surface area contributed by atoms with Gasteiger partial charge in [-0.1, -0.05) is 37.3 Å². The van der Waals surface area contributed by atoms with E-state index >= 15 is 0 Å². The number of ether oxygens (including phenoxy) is 1. The van der Waals surface area contributed by atoms with Crippen molar-refractivity contribution in [3.8, 4) is 5.75 Å². The number of hydrazone groups is 1. The highest BCUT2D eigenvalue weighted by atomic mass is 16.5. The number of amides is 3. The number of nitrogens with zero attached hydrogens (tertiary/aromatic N) is 1. The summed E-state index contributed by atoms with van der Waals surface area (Å²) in [4.78, 5) is 34.9. The Hall–Kier alpha value is -3.68. The number of carbonyl (C=O) groups excluding carboxylic acids is 3. The van der Waals surface area contributed by atoms with Crippen LogP contribution in [0.15, 0.2) is 53.6 Å². The van der Waals surface area contributed by atoms with Gasteiger partial charge in [0, 0.05) is 12.2 Å². The number of likely N-dealkylation sites (N-methyl/N-ethyl adjacent to an activating group) is 1. The van der Waals surface area contributed by atoms with Crippen LogP contribution in [0.1, 0.15) is 25.0 Å². The number of hydrogen-bond acceptors (Lipinski definition) is 5. The topological polar surface area (TPSA) is 109 Å². The minimum Gasteiger partial charge on any atom is -0.484 e. The van der Waals surface area contributed by atoms with Crippen molar-refractivity contribution < 1.29 is 19.1 Å². The van der Waals surface area contributed by atoms with Crippen LogP contribution < -0.4 is 20.8 Å². The zero-order valence-electron chi connectivity index (χ0n) is 16.4. The van der Waals surface area contributed by atoms with Crippen LogP contribution in [0, 0.1) is 0 Å². The Morgan fingerprint density at radius 2 is 1.83 bits per heavy atom. The van der Waals surface area contributed by atoms with Gasteiger partial charge in [0.15, 0.2) is 6.61 Å². The first-order chi connectivity index (χ1) is 14.0. The summed E-state index contributed by atoms with van der Waals surface area (Å²) >= 11 is 0. The van der Waals surface area contributed by atoms with E-state index in [9.17, 15) is 14.4 Å². The Bertz CT molecular complexity index is 896. The molecule has 0 atom stereocenters. The number of aryl methyl sites for hydroxylation is 1. The largest absolute Gasteiger partial charge is 0.484 e. The number of carbonyl (C=O) groups is 3. The maximum Gasteiger partial charge on any atom is 0.329 e. The Kier molecular flexibility index (Phi) is 8.37. The molecule has 8 heteroatoms. The second kappa shape index (κ2) is 11.2. The molecule has 0 spiro atoms. The molecule has 2 rings (SSSR count). The molecular weight excluding hydrogens is 372 g/mol. The molecule has 2 aromatic rings. The standard InChI is InChI=1S/C21H24N4O4/c1-3-16-9-5-6-11-18(16)24-19(26)14-29-17-10-7-8-15(12-17)13-23-25-21(28)20(27)22-4-2/h5-13H,3-4,14H2,1-2H3,(H,22,27)(H,24,26)(H,25,28)/b23-13-. The van der Waals surface area contributed by atoms with Crippen molar-refractivity contribution >= 4 is 29.6 Å². The minimum atomic E-state index is -0.848. The number of nitrogens with one attached hydrogen (secondary N) is 3. The molecular formula is C21H24N4O4. The molecule has 0 saturated carbocycles. The maximum atomic E-state index is 12.2. The van der Waals surface area contributed by atoms with Gasteiger partial charge in [-0.25, -0.2) is 5.43 Å². The van der Waals surface area contributed by atoms with Crippen LogP contribution in [-0.2, 0) is 20.8 Å². The number of hydrogen-bond donors (Lipinski definition) is 3. The maximum absolute atomic E-state index is 12.2. The highest BCUT2D eigenvalue weighted by Crippen LogP contribution is 2.16. The molecule has 3 N–H and O–H groups in total. The predicted molar refractivity (Wildman–Crippen MR) is 111 cm³/mol. The Balaban J connectivity index is 1.87. The van der Waals surface area contributed by atoms with Crippen molar-refractivity contribution in [2.75, 3.05) is 18.5 Å². The van der Waals surface area contributed by atoms with Crippen LogP contribution in [0.3, 0.4) is 0 Å². The molecule has 0 aliphatic heterocycles. The molecule has 0 aliphatic rings. The van der Waals surface area contributed by atoms with Gasteiger partial charge in [0.25, 0.3) is 5.91 Å². The molecule has 2 aromatic carbocycles. The summed E-state index contributed by atoms with van der Waals surface area (Å²) in [6.07, 6.45) is 2.19. The predicted octanol–water partition coefficient (Wildman–Crippen LogP) is 1.85. The fourth-order valence-corrected chi connectivity index (χ4v) is 2.43. The van der Waals surface area contributed by atoms with Gasteiger partial charge in [-0.3, -0.25) is 14.4 Å². The van der Waals surface area contributed by atoms with Crippen LogP contribution in [0.25, 0.3) is 0 Å². The van der Waals surface area contributed by atoms with Crippen LogP contribution in [-0.4, -0.2) is 37.1 Å². The zero-order valence-corrected chi connectivity index (χ0v) is 16.4. The van der Waals surface area contributed by atoms with Crippen molar-refractivity contribution in [2.24, 2.45) is 5.10 Å². The molecule has 0 unspecified atom stereocenters. The minimum absolute atomic E-state index is 0.146. The quantitative estimate of drug-likeness (QED) is 0.359. The number of anilines is 1. The van der Waals surface area contributed by atoms with Gasteiger partial charge in [0.05, 0.1) is 6.21 Å². The van der Waals surface area contributed by atoms with E-state index in [-0.39, 0.29) is 12.5 Å². The van der Waals surface area contributed by atoms with E-state index in [1.807, 2.05) is 31.2 Å². The molecule has 0 aromatic heterocycles. The molecule has 0 aliphatic carbocycles. The second-order valence-electron chi connectivity index (χ2n) is 5.98. The molecule has 0 radical (unpaired) electrons. The number of rotatable bonds is 8. The molecule has 29 heavy (non-hydrogen) atoms. The fourth-order valence-electron chi connectivity index (χ4n) is 2.43. The smallest absolute Gasteiger partial charge is 0.329 e. The van der Waals surface area contributed by atoms with E-state index in [0.717, 1.165) is 17.7 Å². The monoisotopic (exact) mass is 396 g/mol. The summed E-state index contributed by atoms with van der Waals surface area (Å²) in [5, 5.41) is 8.95. The average molecular weight is 396 g/mol. The summed E-state index contributed by atoms with van der Waals surface area (Å²) in [6, 6.07) is 14.4. The van der Waals surface area contributed by atoms with E-state index in [1.54, 1.807) is 31.2 Å².